The van der Waals surface area contributed by atoms with Gasteiger partial charge in [0.25, 0.3) is 5.91 Å². The second-order valence-corrected chi connectivity index (χ2v) is 5.98. The Morgan fingerprint density at radius 2 is 2.00 bits per heavy atom. The van der Waals surface area contributed by atoms with Gasteiger partial charge in [0.2, 0.25) is 0 Å². The van der Waals surface area contributed by atoms with Gasteiger partial charge in [0, 0.05) is 11.9 Å². The van der Waals surface area contributed by atoms with Crippen LogP contribution in [0.25, 0.3) is 0 Å². The molecule has 0 radical (unpaired) electrons. The van der Waals surface area contributed by atoms with Crippen molar-refractivity contribution in [1.29, 1.82) is 0 Å². The maximum Gasteiger partial charge on any atom is 0.357 e. The van der Waals surface area contributed by atoms with Gasteiger partial charge in [0.1, 0.15) is 10.8 Å². The van der Waals surface area contributed by atoms with Crippen LogP contribution < -0.4 is 4.74 Å². The van der Waals surface area contributed by atoms with Gasteiger partial charge in [-0.3, -0.25) is 4.79 Å². The van der Waals surface area contributed by atoms with Crippen molar-refractivity contribution >= 4 is 23.2 Å². The molecule has 1 amide bonds. The number of rotatable bonds is 8. The van der Waals surface area contributed by atoms with Gasteiger partial charge in [-0.05, 0) is 18.6 Å². The predicted octanol–water partition coefficient (Wildman–Crippen LogP) is 2.75. The van der Waals surface area contributed by atoms with E-state index in [1.165, 1.54) is 18.4 Å². The van der Waals surface area contributed by atoms with Gasteiger partial charge in [-0.25, -0.2) is 9.78 Å². The molecule has 1 aromatic heterocycles. The van der Waals surface area contributed by atoms with Crippen molar-refractivity contribution in [3.05, 3.63) is 46.4 Å². The minimum atomic E-state index is -0.474. The monoisotopic (exact) mass is 348 g/mol. The number of ether oxygens (including phenoxy) is 2. The number of thiazole rings is 1. The molecule has 1 heterocycles. The Labute approximate surface area is 145 Å². The van der Waals surface area contributed by atoms with E-state index in [0.29, 0.717) is 23.8 Å². The van der Waals surface area contributed by atoms with E-state index in [9.17, 15) is 9.59 Å². The number of aromatic nitrogens is 1. The van der Waals surface area contributed by atoms with Gasteiger partial charge in [0.15, 0.2) is 12.3 Å². The van der Waals surface area contributed by atoms with E-state index in [0.717, 1.165) is 6.42 Å². The number of carbonyl (C=O) groups excluding carboxylic acids is 2. The molecule has 2 aromatic rings. The summed E-state index contributed by atoms with van der Waals surface area (Å²) in [6.45, 7) is 2.93. The van der Waals surface area contributed by atoms with E-state index in [4.69, 9.17) is 4.74 Å². The normalized spacial score (nSPS) is 10.2. The number of carbonyl (C=O) groups is 2. The second kappa shape index (κ2) is 9.02. The van der Waals surface area contributed by atoms with Crippen molar-refractivity contribution in [2.45, 2.75) is 19.9 Å². The van der Waals surface area contributed by atoms with E-state index >= 15 is 0 Å². The highest BCUT2D eigenvalue weighted by molar-refractivity contribution is 7.09. The molecule has 0 saturated carbocycles. The summed E-state index contributed by atoms with van der Waals surface area (Å²) >= 11 is 1.33. The fraction of sp³-hybridized carbons (Fsp3) is 0.353. The van der Waals surface area contributed by atoms with Gasteiger partial charge in [-0.15, -0.1) is 11.3 Å². The molecule has 0 aliphatic rings. The number of nitrogens with zero attached hydrogens (tertiary/aromatic N) is 2. The standard InChI is InChI=1S/C17H20N2O4S/c1-3-9-19(10-15-18-14(12-24-15)17(21)22-2)16(20)11-23-13-7-5-4-6-8-13/h4-8,12H,3,9-11H2,1-2H3. The van der Waals surface area contributed by atoms with E-state index in [2.05, 4.69) is 9.72 Å². The summed E-state index contributed by atoms with van der Waals surface area (Å²) in [5.74, 6) is 0.0679. The van der Waals surface area contributed by atoms with Gasteiger partial charge in [-0.1, -0.05) is 25.1 Å². The van der Waals surface area contributed by atoms with Crippen molar-refractivity contribution in [1.82, 2.24) is 9.88 Å². The van der Waals surface area contributed by atoms with Crippen LogP contribution in [0.2, 0.25) is 0 Å². The SMILES string of the molecule is CCCN(Cc1nc(C(=O)OC)cs1)C(=O)COc1ccccc1. The lowest BCUT2D eigenvalue weighted by Gasteiger charge is -2.21. The van der Waals surface area contributed by atoms with Gasteiger partial charge in [-0.2, -0.15) is 0 Å². The van der Waals surface area contributed by atoms with Crippen molar-refractivity contribution in [3.63, 3.8) is 0 Å². The molecule has 2 rings (SSSR count). The molecule has 0 saturated heterocycles. The third-order valence-corrected chi connectivity index (χ3v) is 4.06. The van der Waals surface area contributed by atoms with Crippen LogP contribution in [0.1, 0.15) is 28.8 Å². The molecule has 1 aromatic carbocycles. The van der Waals surface area contributed by atoms with Crippen LogP contribution in [0.4, 0.5) is 0 Å². The molecule has 0 fully saturated rings. The van der Waals surface area contributed by atoms with Crippen LogP contribution in [0.15, 0.2) is 35.7 Å². The zero-order valence-corrected chi connectivity index (χ0v) is 14.5. The number of para-hydroxylation sites is 1. The second-order valence-electron chi connectivity index (χ2n) is 5.04. The molecule has 0 atom stereocenters. The Hall–Kier alpha value is -2.41. The largest absolute Gasteiger partial charge is 0.484 e. The molecular weight excluding hydrogens is 328 g/mol. The number of hydrogen-bond acceptors (Lipinski definition) is 6. The number of benzene rings is 1. The number of methoxy groups -OCH3 is 1. The molecule has 0 N–H and O–H groups in total. The zero-order chi connectivity index (χ0) is 17.4. The van der Waals surface area contributed by atoms with Crippen molar-refractivity contribution in [2.24, 2.45) is 0 Å². The maximum atomic E-state index is 12.4. The number of amides is 1. The van der Waals surface area contributed by atoms with E-state index in [-0.39, 0.29) is 18.2 Å². The topological polar surface area (TPSA) is 68.7 Å². The average molecular weight is 348 g/mol. The Morgan fingerprint density at radius 1 is 1.25 bits per heavy atom. The van der Waals surface area contributed by atoms with E-state index < -0.39 is 5.97 Å². The molecule has 0 aliphatic carbocycles. The lowest BCUT2D eigenvalue weighted by atomic mass is 10.3. The highest BCUT2D eigenvalue weighted by Crippen LogP contribution is 2.14. The summed E-state index contributed by atoms with van der Waals surface area (Å²) < 4.78 is 10.2. The Morgan fingerprint density at radius 3 is 2.67 bits per heavy atom. The fourth-order valence-corrected chi connectivity index (χ4v) is 2.84. The maximum absolute atomic E-state index is 12.4. The highest BCUT2D eigenvalue weighted by atomic mass is 32.1. The van der Waals surface area contributed by atoms with Crippen LogP contribution in [-0.2, 0) is 16.1 Å². The Kier molecular flexibility index (Phi) is 6.74. The smallest absolute Gasteiger partial charge is 0.357 e. The highest BCUT2D eigenvalue weighted by Gasteiger charge is 2.17. The molecule has 0 unspecified atom stereocenters. The summed E-state index contributed by atoms with van der Waals surface area (Å²) in [7, 11) is 1.31. The predicted molar refractivity (Wildman–Crippen MR) is 91.1 cm³/mol. The first-order chi connectivity index (χ1) is 11.6. The molecule has 0 bridgehead atoms. The first-order valence-electron chi connectivity index (χ1n) is 7.62. The third kappa shape index (κ3) is 5.06. The van der Waals surface area contributed by atoms with Crippen LogP contribution in [0.3, 0.4) is 0 Å². The minimum Gasteiger partial charge on any atom is -0.484 e. The number of hydrogen-bond donors (Lipinski definition) is 0. The van der Waals surface area contributed by atoms with Crippen molar-refractivity contribution in [3.8, 4) is 5.75 Å². The van der Waals surface area contributed by atoms with Gasteiger partial charge < -0.3 is 14.4 Å². The molecule has 24 heavy (non-hydrogen) atoms. The van der Waals surface area contributed by atoms with Gasteiger partial charge in [0.05, 0.1) is 13.7 Å². The third-order valence-electron chi connectivity index (χ3n) is 3.22. The van der Waals surface area contributed by atoms with Crippen LogP contribution in [-0.4, -0.2) is 42.0 Å². The molecular formula is C17H20N2O4S. The van der Waals surface area contributed by atoms with Gasteiger partial charge >= 0.3 is 5.97 Å². The summed E-state index contributed by atoms with van der Waals surface area (Å²) in [5.41, 5.74) is 0.266. The first kappa shape index (κ1) is 17.9. The average Bonchev–Trinajstić information content (AvgIpc) is 3.08. The summed E-state index contributed by atoms with van der Waals surface area (Å²) in [5, 5.41) is 2.33. The summed E-state index contributed by atoms with van der Waals surface area (Å²) in [6, 6.07) is 9.21. The van der Waals surface area contributed by atoms with Crippen LogP contribution in [0.5, 0.6) is 5.75 Å². The molecule has 128 valence electrons. The van der Waals surface area contributed by atoms with Crippen molar-refractivity contribution in [2.75, 3.05) is 20.3 Å². The fourth-order valence-electron chi connectivity index (χ4n) is 2.06. The number of esters is 1. The van der Waals surface area contributed by atoms with Crippen LogP contribution >= 0.6 is 11.3 Å². The van der Waals surface area contributed by atoms with Crippen molar-refractivity contribution < 1.29 is 19.1 Å². The summed E-state index contributed by atoms with van der Waals surface area (Å²) in [6.07, 6.45) is 0.826. The Balaban J connectivity index is 1.96. The molecule has 0 spiro atoms. The first-order valence-corrected chi connectivity index (χ1v) is 8.50. The lowest BCUT2D eigenvalue weighted by molar-refractivity contribution is -0.134. The van der Waals surface area contributed by atoms with E-state index in [1.807, 2.05) is 25.1 Å². The minimum absolute atomic E-state index is 0.0285. The zero-order valence-electron chi connectivity index (χ0n) is 13.7. The summed E-state index contributed by atoms with van der Waals surface area (Å²) in [4.78, 5) is 29.7. The molecule has 7 heteroatoms. The molecule has 0 aliphatic heterocycles. The van der Waals surface area contributed by atoms with Crippen LogP contribution in [0, 0.1) is 0 Å². The Bertz CT molecular complexity index is 672. The quantitative estimate of drug-likeness (QED) is 0.686. The van der Waals surface area contributed by atoms with E-state index in [1.54, 1.807) is 22.4 Å². The lowest BCUT2D eigenvalue weighted by Crippen LogP contribution is -2.35. The molecule has 6 nitrogen and oxygen atoms in total.